The number of carbonyl (C=O) groups is 1. The quantitative estimate of drug-likeness (QED) is 0.620. The van der Waals surface area contributed by atoms with Gasteiger partial charge in [0.25, 0.3) is 0 Å². The highest BCUT2D eigenvalue weighted by atomic mass is 35.5. The molecule has 23 heavy (non-hydrogen) atoms. The Bertz CT molecular complexity index is 755. The Morgan fingerprint density at radius 3 is 2.61 bits per heavy atom. The van der Waals surface area contributed by atoms with Gasteiger partial charge in [0.05, 0.1) is 13.2 Å². The molecule has 2 rings (SSSR count). The summed E-state index contributed by atoms with van der Waals surface area (Å²) in [7, 11) is 1.22. The van der Waals surface area contributed by atoms with Crippen molar-refractivity contribution in [1.29, 1.82) is 0 Å². The molecule has 0 aliphatic carbocycles. The Morgan fingerprint density at radius 1 is 1.30 bits per heavy atom. The minimum Gasteiger partial charge on any atom is -0.464 e. The first-order valence-corrected chi connectivity index (χ1v) is 7.59. The van der Waals surface area contributed by atoms with E-state index in [4.69, 9.17) is 40.5 Å². The monoisotopic (exact) mass is 374 g/mol. The number of hydrogen-bond acceptors (Lipinski definition) is 6. The second-order valence-corrected chi connectivity index (χ2v) is 5.81. The number of nitrogens with one attached hydrogen (secondary N) is 1. The molecule has 1 aromatic heterocycles. The van der Waals surface area contributed by atoms with E-state index in [9.17, 15) is 4.79 Å². The van der Waals surface area contributed by atoms with Crippen molar-refractivity contribution in [3.05, 3.63) is 44.8 Å². The van der Waals surface area contributed by atoms with Crippen LogP contribution in [-0.2, 0) is 4.74 Å². The molecule has 0 aliphatic heterocycles. The van der Waals surface area contributed by atoms with E-state index in [0.717, 1.165) is 5.56 Å². The van der Waals surface area contributed by atoms with Gasteiger partial charge in [-0.3, -0.25) is 0 Å². The molecule has 3 N–H and O–H groups in total. The van der Waals surface area contributed by atoms with Gasteiger partial charge in [0, 0.05) is 10.0 Å². The summed E-state index contributed by atoms with van der Waals surface area (Å²) in [5.74, 6) is -0.490. The molecule has 6 nitrogen and oxygen atoms in total. The maximum atomic E-state index is 11.7. The van der Waals surface area contributed by atoms with Gasteiger partial charge < -0.3 is 15.8 Å². The SMILES string of the molecule is COC(=O)c1nc(Cl)nc(N[C@H](C)c2ccc(Cl)cc2Cl)c1N. The zero-order chi connectivity index (χ0) is 17.1. The Hall–Kier alpha value is -1.76. The highest BCUT2D eigenvalue weighted by molar-refractivity contribution is 6.35. The first-order valence-electron chi connectivity index (χ1n) is 6.46. The molecule has 122 valence electrons. The number of hydrogen-bond donors (Lipinski definition) is 2. The maximum absolute atomic E-state index is 11.7. The minimum absolute atomic E-state index is 0.0400. The van der Waals surface area contributed by atoms with Gasteiger partial charge in [-0.05, 0) is 36.2 Å². The van der Waals surface area contributed by atoms with E-state index in [-0.39, 0.29) is 28.5 Å². The van der Waals surface area contributed by atoms with E-state index in [1.165, 1.54) is 7.11 Å². The average molecular weight is 376 g/mol. The molecule has 0 unspecified atom stereocenters. The fourth-order valence-electron chi connectivity index (χ4n) is 1.94. The predicted octanol–water partition coefficient (Wildman–Crippen LogP) is 3.98. The van der Waals surface area contributed by atoms with Crippen molar-refractivity contribution in [3.8, 4) is 0 Å². The lowest BCUT2D eigenvalue weighted by molar-refractivity contribution is 0.0595. The lowest BCUT2D eigenvalue weighted by Gasteiger charge is -2.18. The average Bonchev–Trinajstić information content (AvgIpc) is 2.49. The molecule has 1 heterocycles. The third kappa shape index (κ3) is 3.96. The van der Waals surface area contributed by atoms with Crippen molar-refractivity contribution in [2.45, 2.75) is 13.0 Å². The molecule has 0 radical (unpaired) electrons. The Balaban J connectivity index is 2.36. The number of aromatic nitrogens is 2. The summed E-state index contributed by atoms with van der Waals surface area (Å²) in [6.07, 6.45) is 0. The lowest BCUT2D eigenvalue weighted by atomic mass is 10.1. The summed E-state index contributed by atoms with van der Waals surface area (Å²) in [4.78, 5) is 19.5. The topological polar surface area (TPSA) is 90.1 Å². The fourth-order valence-corrected chi connectivity index (χ4v) is 2.68. The number of esters is 1. The number of methoxy groups -OCH3 is 1. The van der Waals surface area contributed by atoms with Crippen molar-refractivity contribution in [2.24, 2.45) is 0 Å². The number of halogens is 3. The zero-order valence-corrected chi connectivity index (χ0v) is 14.5. The van der Waals surface area contributed by atoms with Crippen LogP contribution in [0.15, 0.2) is 18.2 Å². The molecular weight excluding hydrogens is 363 g/mol. The van der Waals surface area contributed by atoms with Crippen LogP contribution in [0, 0.1) is 0 Å². The number of nitrogen functional groups attached to an aromatic ring is 1. The van der Waals surface area contributed by atoms with Gasteiger partial charge in [-0.2, -0.15) is 4.98 Å². The van der Waals surface area contributed by atoms with E-state index in [2.05, 4.69) is 20.0 Å². The first-order chi connectivity index (χ1) is 10.8. The first kappa shape index (κ1) is 17.6. The van der Waals surface area contributed by atoms with E-state index in [0.29, 0.717) is 10.0 Å². The van der Waals surface area contributed by atoms with Crippen LogP contribution < -0.4 is 11.1 Å². The third-order valence-corrected chi connectivity index (χ3v) is 3.81. The number of nitrogens with two attached hydrogens (primary N) is 1. The molecule has 2 aromatic rings. The second-order valence-electron chi connectivity index (χ2n) is 4.63. The molecule has 1 aromatic carbocycles. The smallest absolute Gasteiger partial charge is 0.359 e. The number of rotatable bonds is 4. The fraction of sp³-hybridized carbons (Fsp3) is 0.214. The van der Waals surface area contributed by atoms with Crippen molar-refractivity contribution < 1.29 is 9.53 Å². The summed E-state index contributed by atoms with van der Waals surface area (Å²) in [6.45, 7) is 1.85. The predicted molar refractivity (Wildman–Crippen MR) is 91.3 cm³/mol. The van der Waals surface area contributed by atoms with Gasteiger partial charge in [0.2, 0.25) is 5.28 Å². The molecular formula is C14H13Cl3N4O2. The molecule has 9 heteroatoms. The van der Waals surface area contributed by atoms with Crippen LogP contribution in [-0.4, -0.2) is 23.0 Å². The molecule has 0 amide bonds. The summed E-state index contributed by atoms with van der Waals surface area (Å²) in [6, 6.07) is 4.87. The number of nitrogens with zero attached hydrogens (tertiary/aromatic N) is 2. The number of benzene rings is 1. The van der Waals surface area contributed by atoms with Crippen LogP contribution in [0.2, 0.25) is 15.3 Å². The van der Waals surface area contributed by atoms with Crippen molar-refractivity contribution >= 4 is 52.3 Å². The van der Waals surface area contributed by atoms with Crippen LogP contribution in [0.1, 0.15) is 29.0 Å². The van der Waals surface area contributed by atoms with Gasteiger partial charge in [-0.1, -0.05) is 29.3 Å². The van der Waals surface area contributed by atoms with E-state index in [1.807, 2.05) is 6.92 Å². The van der Waals surface area contributed by atoms with Gasteiger partial charge in [0.15, 0.2) is 11.5 Å². The Kier molecular flexibility index (Phi) is 5.51. The summed E-state index contributed by atoms with van der Waals surface area (Å²) >= 11 is 17.9. The number of anilines is 2. The maximum Gasteiger partial charge on any atom is 0.359 e. The van der Waals surface area contributed by atoms with Crippen molar-refractivity contribution in [2.75, 3.05) is 18.2 Å². The molecule has 0 bridgehead atoms. The number of ether oxygens (including phenoxy) is 1. The molecule has 0 saturated carbocycles. The Morgan fingerprint density at radius 2 is 2.00 bits per heavy atom. The van der Waals surface area contributed by atoms with E-state index in [1.54, 1.807) is 18.2 Å². The summed E-state index contributed by atoms with van der Waals surface area (Å²) < 4.78 is 4.62. The molecule has 0 saturated heterocycles. The van der Waals surface area contributed by atoms with Gasteiger partial charge in [-0.25, -0.2) is 9.78 Å². The summed E-state index contributed by atoms with van der Waals surface area (Å²) in [5, 5.41) is 3.94. The Labute approximate surface area is 147 Å². The lowest BCUT2D eigenvalue weighted by Crippen LogP contribution is -2.15. The highest BCUT2D eigenvalue weighted by Crippen LogP contribution is 2.30. The van der Waals surface area contributed by atoms with E-state index >= 15 is 0 Å². The van der Waals surface area contributed by atoms with Crippen molar-refractivity contribution in [1.82, 2.24) is 9.97 Å². The standard InChI is InChI=1S/C14H13Cl3N4O2/c1-6(8-4-3-7(15)5-9(8)16)19-12-10(18)11(13(22)23-2)20-14(17)21-12/h3-6H,18H2,1-2H3,(H,19,20,21)/t6-/m1/s1. The molecule has 0 spiro atoms. The largest absolute Gasteiger partial charge is 0.464 e. The normalized spacial score (nSPS) is 11.9. The molecule has 0 aliphatic rings. The minimum atomic E-state index is -0.702. The highest BCUT2D eigenvalue weighted by Gasteiger charge is 2.20. The third-order valence-electron chi connectivity index (χ3n) is 3.08. The van der Waals surface area contributed by atoms with Crippen LogP contribution in [0.5, 0.6) is 0 Å². The van der Waals surface area contributed by atoms with E-state index < -0.39 is 5.97 Å². The van der Waals surface area contributed by atoms with Crippen molar-refractivity contribution in [3.63, 3.8) is 0 Å². The van der Waals surface area contributed by atoms with Crippen LogP contribution in [0.3, 0.4) is 0 Å². The van der Waals surface area contributed by atoms with Crippen LogP contribution in [0.4, 0.5) is 11.5 Å². The number of carbonyl (C=O) groups excluding carboxylic acids is 1. The van der Waals surface area contributed by atoms with Gasteiger partial charge in [-0.15, -0.1) is 0 Å². The summed E-state index contributed by atoms with van der Waals surface area (Å²) in [5.41, 5.74) is 6.63. The van der Waals surface area contributed by atoms with Crippen LogP contribution >= 0.6 is 34.8 Å². The van der Waals surface area contributed by atoms with Crippen LogP contribution in [0.25, 0.3) is 0 Å². The molecule has 1 atom stereocenters. The van der Waals surface area contributed by atoms with Gasteiger partial charge >= 0.3 is 5.97 Å². The second kappa shape index (κ2) is 7.21. The molecule has 0 fully saturated rings. The van der Waals surface area contributed by atoms with Gasteiger partial charge in [0.1, 0.15) is 5.69 Å². The zero-order valence-electron chi connectivity index (χ0n) is 12.2.